The fourth-order valence-corrected chi connectivity index (χ4v) is 1.45. The fraction of sp³-hybridized carbons (Fsp3) is 0.700. The van der Waals surface area contributed by atoms with Gasteiger partial charge in [-0.25, -0.2) is 0 Å². The van der Waals surface area contributed by atoms with Crippen molar-refractivity contribution < 1.29 is 4.79 Å². The van der Waals surface area contributed by atoms with Gasteiger partial charge < -0.3 is 5.32 Å². The highest BCUT2D eigenvalue weighted by Gasteiger charge is 2.11. The summed E-state index contributed by atoms with van der Waals surface area (Å²) in [7, 11) is 0. The van der Waals surface area contributed by atoms with Crippen molar-refractivity contribution in [2.45, 2.75) is 45.1 Å². The molecule has 1 N–H and O–H groups in total. The third-order valence-electron chi connectivity index (χ3n) is 2.11. The molecule has 0 bridgehead atoms. The number of allylic oxidation sites excluding steroid dienone is 1. The molecule has 1 atom stereocenters. The molecule has 0 radical (unpaired) electrons. The van der Waals surface area contributed by atoms with E-state index in [0.29, 0.717) is 12.5 Å². The lowest BCUT2D eigenvalue weighted by molar-refractivity contribution is -0.121. The van der Waals surface area contributed by atoms with E-state index in [4.69, 9.17) is 0 Å². The highest BCUT2D eigenvalue weighted by atomic mass is 16.1. The molecule has 1 unspecified atom stereocenters. The van der Waals surface area contributed by atoms with Crippen LogP contribution < -0.4 is 5.32 Å². The van der Waals surface area contributed by atoms with E-state index in [2.05, 4.69) is 17.5 Å². The van der Waals surface area contributed by atoms with Gasteiger partial charge >= 0.3 is 0 Å². The Morgan fingerprint density at radius 3 is 3.00 bits per heavy atom. The smallest absolute Gasteiger partial charge is 0.220 e. The zero-order chi connectivity index (χ0) is 8.81. The Kier molecular flexibility index (Phi) is 3.85. The lowest BCUT2D eigenvalue weighted by Crippen LogP contribution is -2.34. The summed E-state index contributed by atoms with van der Waals surface area (Å²) in [6.07, 6.45) is 9.16. The topological polar surface area (TPSA) is 29.1 Å². The second-order valence-corrected chi connectivity index (χ2v) is 3.30. The molecule has 0 aromatic rings. The normalized spacial score (nSPS) is 22.2. The van der Waals surface area contributed by atoms with Gasteiger partial charge in [-0.3, -0.25) is 4.79 Å². The first-order valence-corrected chi connectivity index (χ1v) is 4.77. The first kappa shape index (κ1) is 9.30. The van der Waals surface area contributed by atoms with Crippen LogP contribution >= 0.6 is 0 Å². The van der Waals surface area contributed by atoms with E-state index in [1.807, 2.05) is 6.92 Å². The van der Waals surface area contributed by atoms with E-state index < -0.39 is 0 Å². The molecule has 1 rings (SSSR count). The largest absolute Gasteiger partial charge is 0.353 e. The molecule has 0 heterocycles. The van der Waals surface area contributed by atoms with Gasteiger partial charge in [0.25, 0.3) is 0 Å². The van der Waals surface area contributed by atoms with Gasteiger partial charge in [-0.2, -0.15) is 0 Å². The zero-order valence-electron chi connectivity index (χ0n) is 7.68. The Bertz CT molecular complexity index is 175. The standard InChI is InChI=1S/C10H17NO/c1-2-6-10(12)11-9-7-4-3-5-8-9/h3-4,9H,2,5-8H2,1H3,(H,11,12). The Hall–Kier alpha value is -0.790. The first-order chi connectivity index (χ1) is 5.83. The highest BCUT2D eigenvalue weighted by Crippen LogP contribution is 2.10. The number of hydrogen-bond acceptors (Lipinski definition) is 1. The Balaban J connectivity index is 2.21. The Labute approximate surface area is 74.0 Å². The van der Waals surface area contributed by atoms with E-state index in [0.717, 1.165) is 25.7 Å². The van der Waals surface area contributed by atoms with Crippen LogP contribution in [-0.4, -0.2) is 11.9 Å². The van der Waals surface area contributed by atoms with Crippen LogP contribution in [0.1, 0.15) is 39.0 Å². The summed E-state index contributed by atoms with van der Waals surface area (Å²) in [5.74, 6) is 0.206. The van der Waals surface area contributed by atoms with Crippen LogP contribution in [-0.2, 0) is 4.79 Å². The number of rotatable bonds is 3. The van der Waals surface area contributed by atoms with Gasteiger partial charge in [0.1, 0.15) is 0 Å². The summed E-state index contributed by atoms with van der Waals surface area (Å²) in [5.41, 5.74) is 0. The van der Waals surface area contributed by atoms with Gasteiger partial charge in [0.2, 0.25) is 5.91 Å². The van der Waals surface area contributed by atoms with Gasteiger partial charge in [-0.1, -0.05) is 19.1 Å². The van der Waals surface area contributed by atoms with Crippen molar-refractivity contribution in [1.29, 1.82) is 0 Å². The van der Waals surface area contributed by atoms with Gasteiger partial charge in [0.05, 0.1) is 0 Å². The maximum absolute atomic E-state index is 11.2. The van der Waals surface area contributed by atoms with Crippen molar-refractivity contribution in [3.63, 3.8) is 0 Å². The minimum atomic E-state index is 0.206. The summed E-state index contributed by atoms with van der Waals surface area (Å²) in [6, 6.07) is 0.397. The summed E-state index contributed by atoms with van der Waals surface area (Å²) in [5, 5.41) is 3.03. The molecule has 0 spiro atoms. The van der Waals surface area contributed by atoms with Crippen LogP contribution in [0, 0.1) is 0 Å². The lowest BCUT2D eigenvalue weighted by Gasteiger charge is -2.18. The van der Waals surface area contributed by atoms with Crippen LogP contribution in [0.15, 0.2) is 12.2 Å². The minimum absolute atomic E-state index is 0.206. The van der Waals surface area contributed by atoms with Gasteiger partial charge in [0, 0.05) is 12.5 Å². The molecule has 2 nitrogen and oxygen atoms in total. The number of carbonyl (C=O) groups is 1. The van der Waals surface area contributed by atoms with E-state index in [9.17, 15) is 4.79 Å². The van der Waals surface area contributed by atoms with Crippen molar-refractivity contribution in [3.05, 3.63) is 12.2 Å². The predicted octanol–water partition coefficient (Wildman–Crippen LogP) is 2.01. The summed E-state index contributed by atoms with van der Waals surface area (Å²) >= 11 is 0. The number of amides is 1. The molecule has 0 aromatic heterocycles. The molecule has 0 aliphatic heterocycles. The average molecular weight is 167 g/mol. The number of nitrogens with one attached hydrogen (secondary N) is 1. The van der Waals surface area contributed by atoms with E-state index >= 15 is 0 Å². The summed E-state index contributed by atoms with van der Waals surface area (Å²) < 4.78 is 0. The molecular weight excluding hydrogens is 150 g/mol. The van der Waals surface area contributed by atoms with Gasteiger partial charge in [0.15, 0.2) is 0 Å². The van der Waals surface area contributed by atoms with Crippen molar-refractivity contribution in [2.24, 2.45) is 0 Å². The number of hydrogen-bond donors (Lipinski definition) is 1. The molecule has 12 heavy (non-hydrogen) atoms. The van der Waals surface area contributed by atoms with Gasteiger partial charge in [-0.05, 0) is 25.7 Å². The van der Waals surface area contributed by atoms with Crippen LogP contribution in [0.25, 0.3) is 0 Å². The maximum atomic E-state index is 11.2. The van der Waals surface area contributed by atoms with E-state index in [1.54, 1.807) is 0 Å². The first-order valence-electron chi connectivity index (χ1n) is 4.77. The maximum Gasteiger partial charge on any atom is 0.220 e. The van der Waals surface area contributed by atoms with Crippen molar-refractivity contribution in [3.8, 4) is 0 Å². The monoisotopic (exact) mass is 167 g/mol. The fourth-order valence-electron chi connectivity index (χ4n) is 1.45. The molecule has 0 saturated carbocycles. The Morgan fingerprint density at radius 2 is 2.42 bits per heavy atom. The third kappa shape index (κ3) is 3.07. The molecule has 0 aromatic carbocycles. The SMILES string of the molecule is CCCC(=O)NC1CC=CCC1. The molecule has 68 valence electrons. The molecule has 2 heteroatoms. The van der Waals surface area contributed by atoms with Crippen LogP contribution in [0.3, 0.4) is 0 Å². The van der Waals surface area contributed by atoms with Crippen LogP contribution in [0.5, 0.6) is 0 Å². The zero-order valence-corrected chi connectivity index (χ0v) is 7.68. The predicted molar refractivity (Wildman–Crippen MR) is 49.8 cm³/mol. The number of carbonyl (C=O) groups excluding carboxylic acids is 1. The average Bonchev–Trinajstić information content (AvgIpc) is 2.06. The van der Waals surface area contributed by atoms with Crippen molar-refractivity contribution in [1.82, 2.24) is 5.32 Å². The van der Waals surface area contributed by atoms with Crippen LogP contribution in [0.4, 0.5) is 0 Å². The molecule has 1 aliphatic carbocycles. The van der Waals surface area contributed by atoms with E-state index in [-0.39, 0.29) is 5.91 Å². The van der Waals surface area contributed by atoms with E-state index in [1.165, 1.54) is 0 Å². The van der Waals surface area contributed by atoms with Crippen molar-refractivity contribution >= 4 is 5.91 Å². The highest BCUT2D eigenvalue weighted by molar-refractivity contribution is 5.76. The molecule has 0 fully saturated rings. The van der Waals surface area contributed by atoms with Crippen molar-refractivity contribution in [2.75, 3.05) is 0 Å². The molecule has 1 aliphatic rings. The molecule has 1 amide bonds. The summed E-state index contributed by atoms with van der Waals surface area (Å²) in [6.45, 7) is 2.03. The third-order valence-corrected chi connectivity index (χ3v) is 2.11. The molecule has 0 saturated heterocycles. The van der Waals surface area contributed by atoms with Crippen LogP contribution in [0.2, 0.25) is 0 Å². The Morgan fingerprint density at radius 1 is 1.58 bits per heavy atom. The van der Waals surface area contributed by atoms with Gasteiger partial charge in [-0.15, -0.1) is 0 Å². The lowest BCUT2D eigenvalue weighted by atomic mass is 10.0. The quantitative estimate of drug-likeness (QED) is 0.640. The minimum Gasteiger partial charge on any atom is -0.353 e. The second-order valence-electron chi connectivity index (χ2n) is 3.30. The molecular formula is C10H17NO. The summed E-state index contributed by atoms with van der Waals surface area (Å²) in [4.78, 5) is 11.2. The second kappa shape index (κ2) is 4.96.